The van der Waals surface area contributed by atoms with Crippen molar-refractivity contribution in [3.8, 4) is 57.5 Å². The number of fused-ring (bicyclic) bond motifs is 5. The molecule has 0 spiro atoms. The molecular weight excluding hydrogens is 1920 g/mol. The van der Waals surface area contributed by atoms with E-state index in [4.69, 9.17) is 69.5 Å². The van der Waals surface area contributed by atoms with Crippen molar-refractivity contribution in [1.29, 1.82) is 0 Å². The highest BCUT2D eigenvalue weighted by molar-refractivity contribution is 5.97. The van der Waals surface area contributed by atoms with Gasteiger partial charge in [0, 0.05) is 183 Å². The molecule has 0 fully saturated rings. The van der Waals surface area contributed by atoms with Crippen LogP contribution >= 0.6 is 0 Å². The molecule has 0 N–H and O–H groups in total. The van der Waals surface area contributed by atoms with E-state index in [1.54, 1.807) is 128 Å². The molecular formula is C118H127N5O27. The number of para-hydroxylation sites is 5. The van der Waals surface area contributed by atoms with Gasteiger partial charge in [0.2, 0.25) is 0 Å². The van der Waals surface area contributed by atoms with E-state index in [0.29, 0.717) is 139 Å². The molecule has 32 heteroatoms. The number of rotatable bonds is 40. The molecule has 15 aromatic rings. The lowest BCUT2D eigenvalue weighted by atomic mass is 9.92. The van der Waals surface area contributed by atoms with Gasteiger partial charge < -0.3 is 98.7 Å². The Kier molecular flexibility index (Phi) is 41.8. The fraction of sp³-hybridized carbons (Fsp3) is 0.297. The van der Waals surface area contributed by atoms with Crippen LogP contribution in [0.2, 0.25) is 0 Å². The fourth-order valence-corrected chi connectivity index (χ4v) is 16.1. The van der Waals surface area contributed by atoms with Crippen LogP contribution in [0.3, 0.4) is 0 Å². The zero-order chi connectivity index (χ0) is 108. The molecule has 0 aliphatic rings. The third-order valence-corrected chi connectivity index (χ3v) is 23.9. The minimum absolute atomic E-state index is 0.0582. The van der Waals surface area contributed by atoms with E-state index in [0.717, 1.165) is 88.2 Å². The van der Waals surface area contributed by atoms with E-state index in [2.05, 4.69) is 25.2 Å². The average Bonchev–Trinajstić information content (AvgIpc) is 0.799. The van der Waals surface area contributed by atoms with Gasteiger partial charge in [-0.1, -0.05) is 153 Å². The molecule has 5 heterocycles. The van der Waals surface area contributed by atoms with Crippen LogP contribution in [-0.2, 0) is 33.5 Å². The SMILES string of the molecule is C=CCCC(=O)Oc1cc(N(C)c2cc(=O)oc3ccccc23)ccc1OC.CCCCCC(=O)Oc1cc(N(C)c2cc(=O)oc3ccccc23)ccc1OC.CCCCCCCCCC(=O)Oc1cc(N(C)c2cc(=O)oc3ccccc23)ccc1OC.COC(=O)CCCC(=O)Oc1cc(N(C)c2cc(=O)oc3ccccc23)ccc1OC.COc1ccc(N(C)c2cc(=O)oc3ccccc23)cc1OC(=O)CC(C)(C)C. The van der Waals surface area contributed by atoms with Crippen molar-refractivity contribution in [3.63, 3.8) is 0 Å². The van der Waals surface area contributed by atoms with E-state index in [9.17, 15) is 52.7 Å². The maximum atomic E-state index is 12.4. The Bertz CT molecular complexity index is 7540. The fourth-order valence-electron chi connectivity index (χ4n) is 16.1. The number of benzene rings is 10. The quantitative estimate of drug-likeness (QED) is 0.0113. The number of esters is 6. The molecule has 0 radical (unpaired) electrons. The molecule has 15 rings (SSSR count). The zero-order valence-corrected chi connectivity index (χ0v) is 87.4. The van der Waals surface area contributed by atoms with E-state index in [1.807, 2.05) is 178 Å². The van der Waals surface area contributed by atoms with Gasteiger partial charge in [0.25, 0.3) is 0 Å². The largest absolute Gasteiger partial charge is 0.493 e. The van der Waals surface area contributed by atoms with Crippen molar-refractivity contribution in [2.75, 3.05) is 102 Å². The first kappa shape index (κ1) is 113. The van der Waals surface area contributed by atoms with Crippen molar-refractivity contribution in [3.05, 3.63) is 307 Å². The van der Waals surface area contributed by atoms with Crippen LogP contribution in [0.5, 0.6) is 57.5 Å². The smallest absolute Gasteiger partial charge is 0.338 e. The summed E-state index contributed by atoms with van der Waals surface area (Å²) in [5, 5.41) is 3.99. The minimum atomic E-state index is -0.493. The van der Waals surface area contributed by atoms with Crippen molar-refractivity contribution >= 4 is 148 Å². The molecule has 150 heavy (non-hydrogen) atoms. The summed E-state index contributed by atoms with van der Waals surface area (Å²) in [6.45, 7) is 13.8. The van der Waals surface area contributed by atoms with Gasteiger partial charge in [-0.2, -0.15) is 0 Å². The second kappa shape index (κ2) is 55.4. The van der Waals surface area contributed by atoms with Crippen molar-refractivity contribution in [2.24, 2.45) is 5.41 Å². The first-order valence-corrected chi connectivity index (χ1v) is 49.1. The number of hydrogen-bond acceptors (Lipinski definition) is 32. The molecule has 32 nitrogen and oxygen atoms in total. The highest BCUT2D eigenvalue weighted by atomic mass is 16.6. The lowest BCUT2D eigenvalue weighted by Crippen LogP contribution is -2.18. The Hall–Kier alpha value is -17.2. The predicted octanol–water partition coefficient (Wildman–Crippen LogP) is 24.8. The standard InChI is InChI=1S/C27H33NO5.C23H23NO7.2C23H25NO5.C22H21NO5/c1-4-5-6-7-8-9-10-15-26(29)33-25-18-20(16-17-24(25)31-3)28(2)22-19-27(30)32-23-14-12-11-13-21(22)23;1-24(17-14-23(27)30-18-8-5-4-7-16(17)18)15-11-12-19(28-2)20(13-15)31-22(26)10-6-9-21(25)29-3;1-23(2,3)14-22(26)29-20-12-15(10-11-19(20)27-5)24(4)17-13-21(25)28-18-9-7-6-8-16(17)18;1-4-5-6-11-22(25)29-21-14-16(12-13-20(21)27-3)24(2)18-15-23(26)28-19-10-8-7-9-17(18)19;1-4-5-10-21(24)28-20-13-15(11-12-19(20)26-3)23(2)17-14-22(25)27-18-9-7-6-8-16(17)18/h11-14,16-19H,4-10,15H2,1-3H3;4-5,7-8,11-14H,6,9-10H2,1-3H3;6-13H,14H2,1-5H3;7-10,12-15H,4-6,11H2,1-3H3;4,6-9,11-14H,1,5,10H2,2-3H3. The van der Waals surface area contributed by atoms with Crippen molar-refractivity contribution in [1.82, 2.24) is 0 Å². The van der Waals surface area contributed by atoms with Gasteiger partial charge >= 0.3 is 63.9 Å². The van der Waals surface area contributed by atoms with Gasteiger partial charge in [-0.3, -0.25) is 28.8 Å². The summed E-state index contributed by atoms with van der Waals surface area (Å²) in [7, 11) is 18.0. The predicted molar refractivity (Wildman–Crippen MR) is 582 cm³/mol. The highest BCUT2D eigenvalue weighted by Crippen LogP contribution is 2.44. The number of allylic oxidation sites excluding steroid dienone is 1. The molecule has 0 saturated heterocycles. The highest BCUT2D eigenvalue weighted by Gasteiger charge is 2.26. The Balaban J connectivity index is 0.000000178. The monoisotopic (exact) mass is 2050 g/mol. The minimum Gasteiger partial charge on any atom is -0.493 e. The van der Waals surface area contributed by atoms with E-state index in [-0.39, 0.29) is 66.7 Å². The summed E-state index contributed by atoms with van der Waals surface area (Å²) in [6.07, 6.45) is 14.8. The summed E-state index contributed by atoms with van der Waals surface area (Å²) in [4.78, 5) is 142. The van der Waals surface area contributed by atoms with Gasteiger partial charge in [-0.15, -0.1) is 6.58 Å². The van der Waals surface area contributed by atoms with Gasteiger partial charge in [0.1, 0.15) is 27.9 Å². The maximum absolute atomic E-state index is 12.4. The normalized spacial score (nSPS) is 10.8. The maximum Gasteiger partial charge on any atom is 0.338 e. The third-order valence-electron chi connectivity index (χ3n) is 23.9. The van der Waals surface area contributed by atoms with Gasteiger partial charge in [0.15, 0.2) is 57.5 Å². The molecule has 0 aliphatic heterocycles. The van der Waals surface area contributed by atoms with E-state index < -0.39 is 34.1 Å². The Labute approximate surface area is 868 Å². The molecule has 0 aliphatic carbocycles. The second-order valence-electron chi connectivity index (χ2n) is 35.9. The number of hydrogen-bond donors (Lipinski definition) is 0. The molecule has 786 valence electrons. The Morgan fingerprint density at radius 2 is 0.493 bits per heavy atom. The molecule has 0 unspecified atom stereocenters. The molecule has 0 saturated carbocycles. The third kappa shape index (κ3) is 31.7. The summed E-state index contributed by atoms with van der Waals surface area (Å²) in [5.74, 6) is 1.71. The average molecular weight is 2050 g/mol. The van der Waals surface area contributed by atoms with Gasteiger partial charge in [-0.25, -0.2) is 24.0 Å². The van der Waals surface area contributed by atoms with Crippen LogP contribution in [0.4, 0.5) is 56.9 Å². The van der Waals surface area contributed by atoms with Crippen LogP contribution in [-0.4, -0.2) is 114 Å². The number of unbranched alkanes of at least 4 members (excludes halogenated alkanes) is 8. The van der Waals surface area contributed by atoms with Crippen LogP contribution in [0.25, 0.3) is 54.8 Å². The summed E-state index contributed by atoms with van der Waals surface area (Å²) in [5.41, 5.74) is 7.18. The van der Waals surface area contributed by atoms with Crippen molar-refractivity contribution < 1.29 is 103 Å². The zero-order valence-electron chi connectivity index (χ0n) is 87.4. The second-order valence-corrected chi connectivity index (χ2v) is 35.9. The summed E-state index contributed by atoms with van der Waals surface area (Å²) < 4.78 is 85.3. The van der Waals surface area contributed by atoms with Crippen molar-refractivity contribution in [2.45, 2.75) is 150 Å². The number of carbonyl (C=O) groups is 6. The number of nitrogens with zero attached hydrogens (tertiary/aromatic N) is 5. The first-order valence-electron chi connectivity index (χ1n) is 49.1. The summed E-state index contributed by atoms with van der Waals surface area (Å²) in [6, 6.07) is 70.1. The Morgan fingerprint density at radius 1 is 0.273 bits per heavy atom. The van der Waals surface area contributed by atoms with Crippen LogP contribution in [0.15, 0.2) is 301 Å². The number of ether oxygens (including phenoxy) is 11. The molecule has 0 bridgehead atoms. The van der Waals surface area contributed by atoms with Crippen LogP contribution in [0, 0.1) is 5.41 Å². The van der Waals surface area contributed by atoms with Gasteiger partial charge in [0.05, 0.1) is 77.5 Å². The number of methoxy groups -OCH3 is 6. The van der Waals surface area contributed by atoms with Gasteiger partial charge in [-0.05, 0) is 152 Å². The Morgan fingerprint density at radius 3 is 0.740 bits per heavy atom. The number of carbonyl (C=O) groups excluding carboxylic acids is 6. The lowest BCUT2D eigenvalue weighted by molar-refractivity contribution is -0.141. The van der Waals surface area contributed by atoms with E-state index in [1.165, 1.54) is 91.6 Å². The lowest BCUT2D eigenvalue weighted by Gasteiger charge is -2.22. The van der Waals surface area contributed by atoms with Crippen LogP contribution in [0.1, 0.15) is 150 Å². The van der Waals surface area contributed by atoms with E-state index >= 15 is 0 Å². The molecule has 10 aromatic carbocycles. The molecule has 0 amide bonds. The summed E-state index contributed by atoms with van der Waals surface area (Å²) >= 11 is 0. The number of anilines is 10. The molecule has 0 atom stereocenters. The molecule has 5 aromatic heterocycles. The van der Waals surface area contributed by atoms with Crippen LogP contribution < -0.4 is 100.0 Å². The topological polar surface area (TPSA) is 371 Å². The first-order chi connectivity index (χ1) is 72.2.